The van der Waals surface area contributed by atoms with E-state index < -0.39 is 11.2 Å². The van der Waals surface area contributed by atoms with Gasteiger partial charge in [0.2, 0.25) is 5.91 Å². The maximum absolute atomic E-state index is 12.2. The summed E-state index contributed by atoms with van der Waals surface area (Å²) in [7, 11) is 4.45. The lowest BCUT2D eigenvalue weighted by atomic mass is 10.3. The lowest BCUT2D eigenvalue weighted by Gasteiger charge is -2.19. The summed E-state index contributed by atoms with van der Waals surface area (Å²) in [5.41, 5.74) is 4.72. The highest BCUT2D eigenvalue weighted by Crippen LogP contribution is 2.09. The van der Waals surface area contributed by atoms with E-state index in [-0.39, 0.29) is 24.0 Å². The first-order valence-electron chi connectivity index (χ1n) is 8.04. The molecule has 0 radical (unpaired) electrons. The monoisotopic (exact) mass is 361 g/mol. The highest BCUT2D eigenvalue weighted by molar-refractivity contribution is 5.81. The van der Waals surface area contributed by atoms with Crippen LogP contribution in [0.2, 0.25) is 0 Å². The zero-order chi connectivity index (χ0) is 19.3. The Kier molecular flexibility index (Phi) is 6.05. The fourth-order valence-electron chi connectivity index (χ4n) is 2.27. The molecule has 0 saturated carbocycles. The van der Waals surface area contributed by atoms with Crippen LogP contribution in [0.1, 0.15) is 0 Å². The number of benzene rings is 1. The largest absolute Gasteiger partial charge is 0.492 e. The molecular formula is C17H23N5O4. The van der Waals surface area contributed by atoms with E-state index >= 15 is 0 Å². The van der Waals surface area contributed by atoms with Gasteiger partial charge in [0, 0.05) is 21.1 Å². The second kappa shape index (κ2) is 8.24. The van der Waals surface area contributed by atoms with Gasteiger partial charge in [-0.2, -0.15) is 0 Å². The molecule has 140 valence electrons. The highest BCUT2D eigenvalue weighted by atomic mass is 16.5. The van der Waals surface area contributed by atoms with E-state index in [1.54, 1.807) is 7.05 Å². The number of para-hydroxylation sites is 1. The van der Waals surface area contributed by atoms with Crippen molar-refractivity contribution in [3.63, 3.8) is 0 Å². The SMILES string of the molecule is CN(CCOc1ccccc1)C(=O)CNc1c(N)n(C)c(=O)n(C)c1=O. The Balaban J connectivity index is 1.92. The summed E-state index contributed by atoms with van der Waals surface area (Å²) in [6.45, 7) is 0.603. The van der Waals surface area contributed by atoms with Gasteiger partial charge in [0.15, 0.2) is 0 Å². The molecule has 0 bridgehead atoms. The van der Waals surface area contributed by atoms with Crippen LogP contribution in [0.4, 0.5) is 11.5 Å². The Labute approximate surface area is 150 Å². The molecule has 1 aromatic heterocycles. The number of amides is 1. The number of carbonyl (C=O) groups is 1. The van der Waals surface area contributed by atoms with Crippen LogP contribution in [0.5, 0.6) is 5.75 Å². The maximum Gasteiger partial charge on any atom is 0.332 e. The average molecular weight is 361 g/mol. The molecule has 0 saturated heterocycles. The summed E-state index contributed by atoms with van der Waals surface area (Å²) in [5.74, 6) is 0.478. The summed E-state index contributed by atoms with van der Waals surface area (Å²) in [6.07, 6.45) is 0. The van der Waals surface area contributed by atoms with Crippen molar-refractivity contribution in [2.24, 2.45) is 14.1 Å². The third kappa shape index (κ3) is 4.24. The number of rotatable bonds is 7. The van der Waals surface area contributed by atoms with E-state index in [0.717, 1.165) is 14.9 Å². The van der Waals surface area contributed by atoms with Gasteiger partial charge in [-0.25, -0.2) is 4.79 Å². The number of nitrogens with two attached hydrogens (primary N) is 1. The number of anilines is 2. The Morgan fingerprint density at radius 3 is 2.50 bits per heavy atom. The summed E-state index contributed by atoms with van der Waals surface area (Å²) in [6, 6.07) is 9.30. The van der Waals surface area contributed by atoms with E-state index in [2.05, 4.69) is 5.32 Å². The number of likely N-dealkylation sites (N-methyl/N-ethyl adjacent to an activating group) is 1. The van der Waals surface area contributed by atoms with E-state index in [4.69, 9.17) is 10.5 Å². The molecule has 1 amide bonds. The van der Waals surface area contributed by atoms with Crippen molar-refractivity contribution < 1.29 is 9.53 Å². The molecule has 0 aliphatic rings. The molecule has 26 heavy (non-hydrogen) atoms. The van der Waals surface area contributed by atoms with Crippen LogP contribution in [-0.2, 0) is 18.9 Å². The topological polar surface area (TPSA) is 112 Å². The number of nitrogens with zero attached hydrogens (tertiary/aromatic N) is 3. The van der Waals surface area contributed by atoms with Crippen molar-refractivity contribution >= 4 is 17.4 Å². The normalized spacial score (nSPS) is 10.4. The minimum Gasteiger partial charge on any atom is -0.492 e. The van der Waals surface area contributed by atoms with Gasteiger partial charge in [-0.3, -0.25) is 18.7 Å². The molecule has 0 aliphatic carbocycles. The standard InChI is InChI=1S/C17H23N5O4/c1-20(9-10-26-12-7-5-4-6-8-12)13(23)11-19-14-15(18)21(2)17(25)22(3)16(14)24/h4-8,19H,9-11,18H2,1-3H3. The number of hydrogen-bond acceptors (Lipinski definition) is 6. The number of nitrogen functional groups attached to an aromatic ring is 1. The molecule has 0 spiro atoms. The van der Waals surface area contributed by atoms with Crippen LogP contribution in [0.15, 0.2) is 39.9 Å². The first-order valence-corrected chi connectivity index (χ1v) is 8.04. The molecule has 2 rings (SSSR count). The number of aromatic nitrogens is 2. The van der Waals surface area contributed by atoms with Crippen molar-refractivity contribution in [1.82, 2.24) is 14.0 Å². The molecule has 0 atom stereocenters. The Hall–Kier alpha value is -3.23. The highest BCUT2D eigenvalue weighted by Gasteiger charge is 2.15. The first-order chi connectivity index (χ1) is 12.3. The van der Waals surface area contributed by atoms with Gasteiger partial charge in [-0.05, 0) is 12.1 Å². The predicted octanol–water partition coefficient (Wildman–Crippen LogP) is -0.384. The predicted molar refractivity (Wildman–Crippen MR) is 99.4 cm³/mol. The van der Waals surface area contributed by atoms with Crippen molar-refractivity contribution in [2.45, 2.75) is 0 Å². The molecule has 1 heterocycles. The Morgan fingerprint density at radius 1 is 1.19 bits per heavy atom. The van der Waals surface area contributed by atoms with E-state index in [9.17, 15) is 14.4 Å². The second-order valence-electron chi connectivity index (χ2n) is 5.80. The zero-order valence-electron chi connectivity index (χ0n) is 15.1. The van der Waals surface area contributed by atoms with E-state index in [1.807, 2.05) is 30.3 Å². The van der Waals surface area contributed by atoms with Gasteiger partial charge in [-0.15, -0.1) is 0 Å². The molecule has 9 nitrogen and oxygen atoms in total. The van der Waals surface area contributed by atoms with Crippen LogP contribution in [0.3, 0.4) is 0 Å². The number of nitrogens with one attached hydrogen (secondary N) is 1. The van der Waals surface area contributed by atoms with Crippen molar-refractivity contribution in [3.8, 4) is 5.75 Å². The van der Waals surface area contributed by atoms with Crippen molar-refractivity contribution in [3.05, 3.63) is 51.2 Å². The van der Waals surface area contributed by atoms with Gasteiger partial charge < -0.3 is 20.7 Å². The molecule has 0 fully saturated rings. The average Bonchev–Trinajstić information content (AvgIpc) is 2.65. The number of ether oxygens (including phenoxy) is 1. The maximum atomic E-state index is 12.2. The number of hydrogen-bond donors (Lipinski definition) is 2. The van der Waals surface area contributed by atoms with E-state index in [0.29, 0.717) is 13.2 Å². The third-order valence-electron chi connectivity index (χ3n) is 3.99. The molecule has 1 aromatic carbocycles. The molecule has 0 aliphatic heterocycles. The lowest BCUT2D eigenvalue weighted by molar-refractivity contribution is -0.128. The van der Waals surface area contributed by atoms with Gasteiger partial charge in [0.1, 0.15) is 23.9 Å². The van der Waals surface area contributed by atoms with Crippen molar-refractivity contribution in [2.75, 3.05) is 37.8 Å². The van der Waals surface area contributed by atoms with Gasteiger partial charge in [0.25, 0.3) is 5.56 Å². The third-order valence-corrected chi connectivity index (χ3v) is 3.99. The molecule has 2 aromatic rings. The summed E-state index contributed by atoms with van der Waals surface area (Å²) >= 11 is 0. The quantitative estimate of drug-likeness (QED) is 0.695. The smallest absolute Gasteiger partial charge is 0.332 e. The van der Waals surface area contributed by atoms with Gasteiger partial charge in [0.05, 0.1) is 13.1 Å². The van der Waals surface area contributed by atoms with Crippen LogP contribution in [0.25, 0.3) is 0 Å². The van der Waals surface area contributed by atoms with Crippen LogP contribution >= 0.6 is 0 Å². The minimum absolute atomic E-state index is 0.0130. The second-order valence-corrected chi connectivity index (χ2v) is 5.80. The van der Waals surface area contributed by atoms with Gasteiger partial charge >= 0.3 is 5.69 Å². The lowest BCUT2D eigenvalue weighted by Crippen LogP contribution is -2.41. The Morgan fingerprint density at radius 2 is 1.85 bits per heavy atom. The van der Waals surface area contributed by atoms with Gasteiger partial charge in [-0.1, -0.05) is 18.2 Å². The minimum atomic E-state index is -0.575. The Bertz CT molecular complexity index is 889. The molecule has 0 unspecified atom stereocenters. The first kappa shape index (κ1) is 19.1. The molecule has 9 heteroatoms. The van der Waals surface area contributed by atoms with Crippen LogP contribution < -0.4 is 27.0 Å². The van der Waals surface area contributed by atoms with Crippen LogP contribution in [-0.4, -0.2) is 46.7 Å². The fraction of sp³-hybridized carbons (Fsp3) is 0.353. The van der Waals surface area contributed by atoms with Crippen LogP contribution in [0, 0.1) is 0 Å². The summed E-state index contributed by atoms with van der Waals surface area (Å²) in [5, 5.41) is 2.73. The fourth-order valence-corrected chi connectivity index (χ4v) is 2.27. The summed E-state index contributed by atoms with van der Waals surface area (Å²) < 4.78 is 7.62. The summed E-state index contributed by atoms with van der Waals surface area (Å²) in [4.78, 5) is 37.6. The van der Waals surface area contributed by atoms with E-state index in [1.165, 1.54) is 19.0 Å². The molecular weight excluding hydrogens is 338 g/mol. The zero-order valence-corrected chi connectivity index (χ0v) is 15.1. The van der Waals surface area contributed by atoms with Crippen molar-refractivity contribution in [1.29, 1.82) is 0 Å². The number of carbonyl (C=O) groups excluding carboxylic acids is 1. The molecule has 3 N–H and O–H groups in total.